The maximum Gasteiger partial charge on any atom is 0.130 e. The van der Waals surface area contributed by atoms with Crippen LogP contribution in [0.5, 0.6) is 0 Å². The molecule has 2 heterocycles. The molecule has 0 spiro atoms. The molecule has 1 aliphatic heterocycles. The Balaban J connectivity index is 2.03. The average Bonchev–Trinajstić information content (AvgIpc) is 2.62. The van der Waals surface area contributed by atoms with Gasteiger partial charge in [0, 0.05) is 31.5 Å². The number of rotatable bonds is 4. The summed E-state index contributed by atoms with van der Waals surface area (Å²) in [6.45, 7) is 5.18. The molecule has 1 aromatic carbocycles. The number of ether oxygens (including phenoxy) is 1. The first-order chi connectivity index (χ1) is 10.7. The first-order valence-corrected chi connectivity index (χ1v) is 7.73. The monoisotopic (exact) mass is 298 g/mol. The van der Waals surface area contributed by atoms with Crippen molar-refractivity contribution < 1.29 is 9.84 Å². The average molecular weight is 298 g/mol. The largest absolute Gasteiger partial charge is 0.379 e. The van der Waals surface area contributed by atoms with Gasteiger partial charge in [-0.2, -0.15) is 0 Å². The van der Waals surface area contributed by atoms with Crippen molar-refractivity contribution in [1.29, 1.82) is 0 Å². The summed E-state index contributed by atoms with van der Waals surface area (Å²) in [6, 6.07) is 13.6. The smallest absolute Gasteiger partial charge is 0.130 e. The van der Waals surface area contributed by atoms with Crippen LogP contribution >= 0.6 is 0 Å². The lowest BCUT2D eigenvalue weighted by Crippen LogP contribution is -2.53. The SMILES string of the molecule is CC(N1CCOCC1)C(O)(c1ccccc1)c1ccncc1. The van der Waals surface area contributed by atoms with Crippen LogP contribution in [0.2, 0.25) is 0 Å². The topological polar surface area (TPSA) is 45.6 Å². The number of nitrogens with zero attached hydrogens (tertiary/aromatic N) is 2. The number of aromatic nitrogens is 1. The lowest BCUT2D eigenvalue weighted by Gasteiger charge is -2.43. The molecule has 22 heavy (non-hydrogen) atoms. The highest BCUT2D eigenvalue weighted by atomic mass is 16.5. The van der Waals surface area contributed by atoms with Crippen molar-refractivity contribution in [2.24, 2.45) is 0 Å². The third-order valence-electron chi connectivity index (χ3n) is 4.53. The Kier molecular flexibility index (Phi) is 4.52. The van der Waals surface area contributed by atoms with Crippen LogP contribution in [0.3, 0.4) is 0 Å². The van der Waals surface area contributed by atoms with Gasteiger partial charge in [0.25, 0.3) is 0 Å². The van der Waals surface area contributed by atoms with Gasteiger partial charge < -0.3 is 9.84 Å². The zero-order valence-electron chi connectivity index (χ0n) is 12.9. The quantitative estimate of drug-likeness (QED) is 0.938. The third-order valence-corrected chi connectivity index (χ3v) is 4.53. The second kappa shape index (κ2) is 6.57. The Hall–Kier alpha value is -1.75. The summed E-state index contributed by atoms with van der Waals surface area (Å²) in [4.78, 5) is 6.37. The summed E-state index contributed by atoms with van der Waals surface area (Å²) in [7, 11) is 0. The van der Waals surface area contributed by atoms with Gasteiger partial charge in [-0.25, -0.2) is 0 Å². The van der Waals surface area contributed by atoms with Gasteiger partial charge >= 0.3 is 0 Å². The van der Waals surface area contributed by atoms with E-state index in [4.69, 9.17) is 4.74 Å². The summed E-state index contributed by atoms with van der Waals surface area (Å²) >= 11 is 0. The van der Waals surface area contributed by atoms with Gasteiger partial charge in [-0.3, -0.25) is 9.88 Å². The van der Waals surface area contributed by atoms with E-state index >= 15 is 0 Å². The summed E-state index contributed by atoms with van der Waals surface area (Å²) in [5.41, 5.74) is 0.703. The number of hydrogen-bond donors (Lipinski definition) is 1. The molecule has 0 aliphatic carbocycles. The summed E-state index contributed by atoms with van der Waals surface area (Å²) in [6.07, 6.45) is 3.46. The van der Waals surface area contributed by atoms with Gasteiger partial charge in [-0.15, -0.1) is 0 Å². The van der Waals surface area contributed by atoms with E-state index in [-0.39, 0.29) is 6.04 Å². The molecule has 1 aromatic heterocycles. The number of aliphatic hydroxyl groups is 1. The lowest BCUT2D eigenvalue weighted by atomic mass is 9.80. The van der Waals surface area contributed by atoms with Crippen molar-refractivity contribution in [2.75, 3.05) is 26.3 Å². The van der Waals surface area contributed by atoms with Crippen LogP contribution < -0.4 is 0 Å². The van der Waals surface area contributed by atoms with E-state index in [0.717, 1.165) is 24.2 Å². The predicted octanol–water partition coefficient (Wildman–Crippen LogP) is 2.04. The molecule has 3 rings (SSSR count). The minimum Gasteiger partial charge on any atom is -0.379 e. The van der Waals surface area contributed by atoms with Crippen molar-refractivity contribution in [3.63, 3.8) is 0 Å². The molecule has 1 aliphatic rings. The molecule has 1 N–H and O–H groups in total. The minimum absolute atomic E-state index is 0.0544. The molecule has 0 radical (unpaired) electrons. The second-order valence-electron chi connectivity index (χ2n) is 5.69. The first-order valence-electron chi connectivity index (χ1n) is 7.73. The van der Waals surface area contributed by atoms with E-state index in [2.05, 4.69) is 16.8 Å². The van der Waals surface area contributed by atoms with E-state index < -0.39 is 5.60 Å². The van der Waals surface area contributed by atoms with Crippen molar-refractivity contribution in [1.82, 2.24) is 9.88 Å². The van der Waals surface area contributed by atoms with Crippen LogP contribution in [0.15, 0.2) is 54.9 Å². The highest BCUT2D eigenvalue weighted by Crippen LogP contribution is 2.35. The Morgan fingerprint density at radius 3 is 2.27 bits per heavy atom. The molecular weight excluding hydrogens is 276 g/mol. The van der Waals surface area contributed by atoms with Gasteiger partial charge in [-0.05, 0) is 30.2 Å². The molecule has 2 atom stereocenters. The summed E-state index contributed by atoms with van der Waals surface area (Å²) in [5, 5.41) is 11.7. The second-order valence-corrected chi connectivity index (χ2v) is 5.69. The molecule has 0 bridgehead atoms. The van der Waals surface area contributed by atoms with Crippen molar-refractivity contribution in [3.8, 4) is 0 Å². The molecule has 2 unspecified atom stereocenters. The summed E-state index contributed by atoms with van der Waals surface area (Å²) in [5.74, 6) is 0. The zero-order valence-corrected chi connectivity index (χ0v) is 12.9. The highest BCUT2D eigenvalue weighted by molar-refractivity contribution is 5.37. The van der Waals surface area contributed by atoms with Crippen LogP contribution in [0.1, 0.15) is 18.1 Å². The van der Waals surface area contributed by atoms with Crippen LogP contribution in [-0.2, 0) is 10.3 Å². The normalized spacial score (nSPS) is 20.3. The number of benzene rings is 1. The third kappa shape index (κ3) is 2.77. The van der Waals surface area contributed by atoms with E-state index in [0.29, 0.717) is 13.2 Å². The van der Waals surface area contributed by atoms with Crippen LogP contribution in [0.4, 0.5) is 0 Å². The van der Waals surface area contributed by atoms with E-state index in [9.17, 15) is 5.11 Å². The Morgan fingerprint density at radius 2 is 1.64 bits per heavy atom. The number of pyridine rings is 1. The number of morpholine rings is 1. The van der Waals surface area contributed by atoms with Crippen LogP contribution in [0.25, 0.3) is 0 Å². The van der Waals surface area contributed by atoms with E-state index in [1.54, 1.807) is 12.4 Å². The van der Waals surface area contributed by atoms with Crippen LogP contribution in [0, 0.1) is 0 Å². The van der Waals surface area contributed by atoms with Gasteiger partial charge in [0.1, 0.15) is 5.60 Å². The van der Waals surface area contributed by atoms with E-state index in [1.165, 1.54) is 0 Å². The Morgan fingerprint density at radius 1 is 1.05 bits per heavy atom. The van der Waals surface area contributed by atoms with Gasteiger partial charge in [0.05, 0.1) is 13.2 Å². The Bertz CT molecular complexity index is 543. The fourth-order valence-electron chi connectivity index (χ4n) is 3.18. The molecule has 4 nitrogen and oxygen atoms in total. The molecule has 116 valence electrons. The molecule has 2 aromatic rings. The maximum atomic E-state index is 11.7. The fourth-order valence-corrected chi connectivity index (χ4v) is 3.18. The standard InChI is InChI=1S/C18H22N2O2/c1-15(20-11-13-22-14-12-20)18(21,16-5-3-2-4-6-16)17-7-9-19-10-8-17/h2-10,15,21H,11-14H2,1H3. The first kappa shape index (κ1) is 15.2. The molecule has 1 fully saturated rings. The zero-order chi connectivity index (χ0) is 15.4. The van der Waals surface area contributed by atoms with Crippen LogP contribution in [-0.4, -0.2) is 47.3 Å². The van der Waals surface area contributed by atoms with Crippen molar-refractivity contribution >= 4 is 0 Å². The van der Waals surface area contributed by atoms with Crippen molar-refractivity contribution in [2.45, 2.75) is 18.6 Å². The molecule has 0 amide bonds. The number of hydrogen-bond acceptors (Lipinski definition) is 4. The van der Waals surface area contributed by atoms with E-state index in [1.807, 2.05) is 42.5 Å². The molecular formula is C18H22N2O2. The van der Waals surface area contributed by atoms with Gasteiger partial charge in [0.2, 0.25) is 0 Å². The van der Waals surface area contributed by atoms with Gasteiger partial charge in [0.15, 0.2) is 0 Å². The molecule has 4 heteroatoms. The van der Waals surface area contributed by atoms with Gasteiger partial charge in [-0.1, -0.05) is 30.3 Å². The van der Waals surface area contributed by atoms with Crippen molar-refractivity contribution in [3.05, 3.63) is 66.0 Å². The lowest BCUT2D eigenvalue weighted by molar-refractivity contribution is -0.0532. The highest BCUT2D eigenvalue weighted by Gasteiger charge is 2.41. The molecule has 0 saturated carbocycles. The fraction of sp³-hybridized carbons (Fsp3) is 0.389. The minimum atomic E-state index is -1.07. The predicted molar refractivity (Wildman–Crippen MR) is 85.5 cm³/mol. The maximum absolute atomic E-state index is 11.7. The molecule has 1 saturated heterocycles. The summed E-state index contributed by atoms with van der Waals surface area (Å²) < 4.78 is 5.44. The Labute approximate surface area is 131 Å².